The van der Waals surface area contributed by atoms with E-state index >= 15 is 0 Å². The second-order valence-corrected chi connectivity index (χ2v) is 6.03. The van der Waals surface area contributed by atoms with Crippen LogP contribution in [0.25, 0.3) is 0 Å². The molecule has 1 N–H and O–H groups in total. The van der Waals surface area contributed by atoms with E-state index in [0.717, 1.165) is 23.8 Å². The molecule has 0 aromatic carbocycles. The Morgan fingerprint density at radius 1 is 1.36 bits per heavy atom. The van der Waals surface area contributed by atoms with Crippen LogP contribution in [0.1, 0.15) is 46.5 Å². The number of thioether (sulfide) groups is 1. The lowest BCUT2D eigenvalue weighted by atomic mass is 10.2. The molecule has 2 atom stereocenters. The zero-order valence-electron chi connectivity index (χ0n) is 9.88. The first-order chi connectivity index (χ1) is 6.74. The van der Waals surface area contributed by atoms with Crippen molar-refractivity contribution in [2.75, 3.05) is 12.3 Å². The molecule has 0 amide bonds. The van der Waals surface area contributed by atoms with Crippen molar-refractivity contribution in [3.63, 3.8) is 0 Å². The summed E-state index contributed by atoms with van der Waals surface area (Å²) in [5.41, 5.74) is 0. The van der Waals surface area contributed by atoms with Gasteiger partial charge in [-0.3, -0.25) is 0 Å². The summed E-state index contributed by atoms with van der Waals surface area (Å²) >= 11 is 2.20. The van der Waals surface area contributed by atoms with Gasteiger partial charge in [0.1, 0.15) is 0 Å². The van der Waals surface area contributed by atoms with Crippen molar-refractivity contribution in [2.45, 2.75) is 57.7 Å². The summed E-state index contributed by atoms with van der Waals surface area (Å²) in [4.78, 5) is 0. The third-order valence-electron chi connectivity index (χ3n) is 2.95. The van der Waals surface area contributed by atoms with Crippen LogP contribution < -0.4 is 5.32 Å². The summed E-state index contributed by atoms with van der Waals surface area (Å²) in [6.07, 6.45) is 5.63. The molecule has 1 saturated carbocycles. The number of hydrogen-bond donors (Lipinski definition) is 1. The maximum atomic E-state index is 3.61. The van der Waals surface area contributed by atoms with Gasteiger partial charge in [-0.05, 0) is 37.5 Å². The van der Waals surface area contributed by atoms with E-state index in [4.69, 9.17) is 0 Å². The largest absolute Gasteiger partial charge is 0.313 e. The highest BCUT2D eigenvalue weighted by molar-refractivity contribution is 7.99. The minimum atomic E-state index is 0.803. The van der Waals surface area contributed by atoms with Crippen LogP contribution in [0, 0.1) is 5.92 Å². The molecule has 1 aliphatic rings. The van der Waals surface area contributed by atoms with E-state index in [2.05, 4.69) is 37.8 Å². The summed E-state index contributed by atoms with van der Waals surface area (Å²) in [6.45, 7) is 7.98. The Kier molecular flexibility index (Phi) is 5.95. The highest BCUT2D eigenvalue weighted by Gasteiger charge is 2.26. The highest BCUT2D eigenvalue weighted by atomic mass is 32.2. The highest BCUT2D eigenvalue weighted by Crippen LogP contribution is 2.30. The Labute approximate surface area is 93.4 Å². The van der Waals surface area contributed by atoms with E-state index in [9.17, 15) is 0 Å². The Morgan fingerprint density at radius 2 is 2.14 bits per heavy atom. The molecular weight excluding hydrogens is 190 g/mol. The minimum Gasteiger partial charge on any atom is -0.313 e. The van der Waals surface area contributed by atoms with E-state index in [1.54, 1.807) is 0 Å². The third kappa shape index (κ3) is 4.22. The molecule has 2 heteroatoms. The molecule has 1 nitrogen and oxygen atoms in total. The van der Waals surface area contributed by atoms with Gasteiger partial charge in [0, 0.05) is 11.3 Å². The number of nitrogens with one attached hydrogen (secondary N) is 1. The van der Waals surface area contributed by atoms with Crippen molar-refractivity contribution >= 4 is 11.8 Å². The lowest BCUT2D eigenvalue weighted by Crippen LogP contribution is -2.33. The monoisotopic (exact) mass is 215 g/mol. The third-order valence-corrected chi connectivity index (χ3v) is 4.41. The van der Waals surface area contributed by atoms with E-state index in [-0.39, 0.29) is 0 Å². The van der Waals surface area contributed by atoms with Crippen LogP contribution in [0.5, 0.6) is 0 Å². The SMILES string of the molecule is CCNC1CCCC1SCCC(C)C. The Hall–Kier alpha value is 0.310. The molecule has 0 spiro atoms. The molecule has 0 aromatic heterocycles. The molecule has 84 valence electrons. The smallest absolute Gasteiger partial charge is 0.0201 e. The van der Waals surface area contributed by atoms with Gasteiger partial charge in [-0.2, -0.15) is 11.8 Å². The molecule has 1 rings (SSSR count). The second-order valence-electron chi connectivity index (χ2n) is 4.69. The molecule has 0 radical (unpaired) electrons. The molecule has 0 aliphatic heterocycles. The van der Waals surface area contributed by atoms with Crippen LogP contribution in [0.3, 0.4) is 0 Å². The minimum absolute atomic E-state index is 0.803. The van der Waals surface area contributed by atoms with E-state index < -0.39 is 0 Å². The van der Waals surface area contributed by atoms with Gasteiger partial charge < -0.3 is 5.32 Å². The summed E-state index contributed by atoms with van der Waals surface area (Å²) in [7, 11) is 0. The molecule has 0 saturated heterocycles. The van der Waals surface area contributed by atoms with Gasteiger partial charge in [-0.15, -0.1) is 0 Å². The van der Waals surface area contributed by atoms with E-state index in [1.807, 2.05) is 0 Å². The van der Waals surface area contributed by atoms with Gasteiger partial charge in [0.05, 0.1) is 0 Å². The standard InChI is InChI=1S/C12H25NS/c1-4-13-11-6-5-7-12(11)14-9-8-10(2)3/h10-13H,4-9H2,1-3H3. The quantitative estimate of drug-likeness (QED) is 0.729. The van der Waals surface area contributed by atoms with Gasteiger partial charge in [0.25, 0.3) is 0 Å². The van der Waals surface area contributed by atoms with Crippen LogP contribution in [-0.2, 0) is 0 Å². The first-order valence-corrected chi connectivity index (χ1v) is 7.14. The van der Waals surface area contributed by atoms with Crippen molar-refractivity contribution < 1.29 is 0 Å². The molecular formula is C12H25NS. The summed E-state index contributed by atoms with van der Waals surface area (Å²) in [5.74, 6) is 2.21. The maximum absolute atomic E-state index is 3.61. The fourth-order valence-corrected chi connectivity index (χ4v) is 3.78. The Bertz CT molecular complexity index is 147. The Balaban J connectivity index is 2.15. The topological polar surface area (TPSA) is 12.0 Å². The van der Waals surface area contributed by atoms with Crippen LogP contribution in [0.15, 0.2) is 0 Å². The molecule has 0 bridgehead atoms. The molecule has 1 fully saturated rings. The fraction of sp³-hybridized carbons (Fsp3) is 1.00. The van der Waals surface area contributed by atoms with Crippen LogP contribution in [-0.4, -0.2) is 23.6 Å². The van der Waals surface area contributed by atoms with Crippen molar-refractivity contribution in [1.82, 2.24) is 5.32 Å². The lowest BCUT2D eigenvalue weighted by molar-refractivity contribution is 0.549. The maximum Gasteiger partial charge on any atom is 0.0201 e. The molecule has 2 unspecified atom stereocenters. The van der Waals surface area contributed by atoms with Gasteiger partial charge >= 0.3 is 0 Å². The average Bonchev–Trinajstić information content (AvgIpc) is 2.53. The van der Waals surface area contributed by atoms with E-state index in [1.165, 1.54) is 31.4 Å². The number of rotatable bonds is 6. The van der Waals surface area contributed by atoms with Crippen molar-refractivity contribution in [2.24, 2.45) is 5.92 Å². The number of hydrogen-bond acceptors (Lipinski definition) is 2. The molecule has 0 heterocycles. The lowest BCUT2D eigenvalue weighted by Gasteiger charge is -2.20. The van der Waals surface area contributed by atoms with E-state index in [0.29, 0.717) is 0 Å². The second kappa shape index (κ2) is 6.73. The zero-order chi connectivity index (χ0) is 10.4. The summed E-state index contributed by atoms with van der Waals surface area (Å²) in [5, 5.41) is 4.51. The fourth-order valence-electron chi connectivity index (χ4n) is 2.08. The van der Waals surface area contributed by atoms with Gasteiger partial charge in [0.15, 0.2) is 0 Å². The van der Waals surface area contributed by atoms with Gasteiger partial charge in [0.2, 0.25) is 0 Å². The van der Waals surface area contributed by atoms with Crippen molar-refractivity contribution in [3.05, 3.63) is 0 Å². The molecule has 0 aromatic rings. The average molecular weight is 215 g/mol. The van der Waals surface area contributed by atoms with Crippen molar-refractivity contribution in [3.8, 4) is 0 Å². The first-order valence-electron chi connectivity index (χ1n) is 6.09. The predicted octanol–water partition coefficient (Wildman–Crippen LogP) is 3.30. The van der Waals surface area contributed by atoms with Crippen molar-refractivity contribution in [1.29, 1.82) is 0 Å². The van der Waals surface area contributed by atoms with Gasteiger partial charge in [-0.1, -0.05) is 27.2 Å². The molecule has 14 heavy (non-hydrogen) atoms. The zero-order valence-corrected chi connectivity index (χ0v) is 10.7. The van der Waals surface area contributed by atoms with Crippen LogP contribution >= 0.6 is 11.8 Å². The first kappa shape index (κ1) is 12.4. The van der Waals surface area contributed by atoms with Crippen LogP contribution in [0.2, 0.25) is 0 Å². The summed E-state index contributed by atoms with van der Waals surface area (Å²) in [6, 6.07) is 0.803. The van der Waals surface area contributed by atoms with Crippen LogP contribution in [0.4, 0.5) is 0 Å². The normalized spacial score (nSPS) is 27.4. The summed E-state index contributed by atoms with van der Waals surface area (Å²) < 4.78 is 0. The Morgan fingerprint density at radius 3 is 2.79 bits per heavy atom. The van der Waals surface area contributed by atoms with Gasteiger partial charge in [-0.25, -0.2) is 0 Å². The predicted molar refractivity (Wildman–Crippen MR) is 67.0 cm³/mol. The molecule has 1 aliphatic carbocycles.